The number of ether oxygens (including phenoxy) is 1. The molecule has 7 heteroatoms. The molecular weight excluding hydrogens is 356 g/mol. The van der Waals surface area contributed by atoms with Crippen molar-refractivity contribution < 1.29 is 14.3 Å². The number of fused-ring (bicyclic) bond motifs is 1. The van der Waals surface area contributed by atoms with E-state index in [2.05, 4.69) is 16.4 Å². The number of nitrogens with zero attached hydrogens (tertiary/aromatic N) is 1. The second-order valence-electron chi connectivity index (χ2n) is 5.61. The Balaban J connectivity index is 1.47. The quantitative estimate of drug-likeness (QED) is 0.740. The second kappa shape index (κ2) is 6.85. The van der Waals surface area contributed by atoms with E-state index in [1.54, 1.807) is 17.5 Å². The molecule has 1 aliphatic heterocycles. The van der Waals surface area contributed by atoms with Gasteiger partial charge in [0.05, 0.1) is 10.9 Å². The van der Waals surface area contributed by atoms with Gasteiger partial charge in [0, 0.05) is 22.2 Å². The van der Waals surface area contributed by atoms with E-state index < -0.39 is 0 Å². The van der Waals surface area contributed by atoms with Crippen LogP contribution in [-0.2, 0) is 17.8 Å². The van der Waals surface area contributed by atoms with Crippen LogP contribution in [0.5, 0.6) is 5.75 Å². The average Bonchev–Trinajstić information content (AvgIpc) is 3.15. The van der Waals surface area contributed by atoms with Crippen LogP contribution in [0.15, 0.2) is 48.7 Å². The molecule has 0 spiro atoms. The highest BCUT2D eigenvalue weighted by molar-refractivity contribution is 8.15. The van der Waals surface area contributed by atoms with Crippen LogP contribution in [0.2, 0.25) is 0 Å². The molecule has 2 aromatic heterocycles. The van der Waals surface area contributed by atoms with Gasteiger partial charge in [-0.05, 0) is 41.8 Å². The van der Waals surface area contributed by atoms with Crippen molar-refractivity contribution in [1.29, 1.82) is 0 Å². The fraction of sp³-hybridized carbons (Fsp3) is 0.167. The van der Waals surface area contributed by atoms with Gasteiger partial charge in [-0.3, -0.25) is 19.9 Å². The summed E-state index contributed by atoms with van der Waals surface area (Å²) >= 11 is 2.70. The van der Waals surface area contributed by atoms with E-state index in [4.69, 9.17) is 4.74 Å². The molecule has 126 valence electrons. The molecule has 0 aliphatic carbocycles. The van der Waals surface area contributed by atoms with Crippen LogP contribution in [0, 0.1) is 0 Å². The fourth-order valence-electron chi connectivity index (χ4n) is 2.62. The Morgan fingerprint density at radius 2 is 2.08 bits per heavy atom. The molecule has 1 saturated heterocycles. The maximum Gasteiger partial charge on any atom is 0.286 e. The van der Waals surface area contributed by atoms with Crippen molar-refractivity contribution in [3.63, 3.8) is 0 Å². The number of thiophene rings is 1. The lowest BCUT2D eigenvalue weighted by Crippen LogP contribution is -2.25. The Hall–Kier alpha value is -2.38. The first-order chi connectivity index (χ1) is 12.2. The van der Waals surface area contributed by atoms with Gasteiger partial charge in [-0.2, -0.15) is 0 Å². The highest BCUT2D eigenvalue weighted by atomic mass is 32.2. The number of amides is 2. The minimum absolute atomic E-state index is 0.202. The summed E-state index contributed by atoms with van der Waals surface area (Å²) in [5, 5.41) is 2.81. The number of imide groups is 1. The lowest BCUT2D eigenvalue weighted by Gasteiger charge is -2.05. The maximum atomic E-state index is 11.7. The third-order valence-electron chi connectivity index (χ3n) is 3.81. The largest absolute Gasteiger partial charge is 0.487 e. The summed E-state index contributed by atoms with van der Waals surface area (Å²) in [5.41, 5.74) is 0.877. The standard InChI is InChI=1S/C18H14N2O3S2/c21-17-16(25-18(22)20-17)9-14-8-11-7-13(4-5-15(11)24-14)23-10-12-3-1-2-6-19-12/h1-8,16H,9-10H2,(H,20,21,22). The molecule has 5 nitrogen and oxygen atoms in total. The van der Waals surface area contributed by atoms with Crippen LogP contribution in [0.3, 0.4) is 0 Å². The van der Waals surface area contributed by atoms with Crippen LogP contribution in [0.25, 0.3) is 10.1 Å². The van der Waals surface area contributed by atoms with E-state index in [1.165, 1.54) is 0 Å². The summed E-state index contributed by atoms with van der Waals surface area (Å²) in [6.07, 6.45) is 2.31. The molecule has 1 N–H and O–H groups in total. The Bertz CT molecular complexity index is 940. The maximum absolute atomic E-state index is 11.7. The van der Waals surface area contributed by atoms with Crippen molar-refractivity contribution in [1.82, 2.24) is 10.3 Å². The predicted octanol–water partition coefficient (Wildman–Crippen LogP) is 3.77. The summed E-state index contributed by atoms with van der Waals surface area (Å²) in [4.78, 5) is 28.3. The number of carbonyl (C=O) groups excluding carboxylic acids is 2. The molecule has 1 aromatic carbocycles. The third kappa shape index (κ3) is 3.67. The van der Waals surface area contributed by atoms with Crippen molar-refractivity contribution in [3.05, 3.63) is 59.2 Å². The number of hydrogen-bond donors (Lipinski definition) is 1. The van der Waals surface area contributed by atoms with Gasteiger partial charge in [-0.1, -0.05) is 17.8 Å². The normalized spacial score (nSPS) is 17.0. The zero-order chi connectivity index (χ0) is 17.2. The van der Waals surface area contributed by atoms with Crippen molar-refractivity contribution >= 4 is 44.3 Å². The van der Waals surface area contributed by atoms with Gasteiger partial charge in [0.15, 0.2) is 0 Å². The number of hydrogen-bond acceptors (Lipinski definition) is 6. The summed E-state index contributed by atoms with van der Waals surface area (Å²) in [5.74, 6) is 0.581. The molecule has 1 atom stereocenters. The molecule has 3 heterocycles. The van der Waals surface area contributed by atoms with E-state index >= 15 is 0 Å². The first-order valence-corrected chi connectivity index (χ1v) is 9.44. The van der Waals surface area contributed by atoms with Gasteiger partial charge in [0.25, 0.3) is 5.24 Å². The Kier molecular flexibility index (Phi) is 4.42. The first-order valence-electron chi connectivity index (χ1n) is 7.74. The van der Waals surface area contributed by atoms with Gasteiger partial charge >= 0.3 is 0 Å². The van der Waals surface area contributed by atoms with Crippen molar-refractivity contribution in [2.24, 2.45) is 0 Å². The second-order valence-corrected chi connectivity index (χ2v) is 7.95. The number of benzene rings is 1. The molecule has 1 aliphatic rings. The Morgan fingerprint density at radius 3 is 2.84 bits per heavy atom. The van der Waals surface area contributed by atoms with E-state index in [0.29, 0.717) is 13.0 Å². The molecule has 0 radical (unpaired) electrons. The van der Waals surface area contributed by atoms with Gasteiger partial charge in [0.2, 0.25) is 5.91 Å². The number of pyridine rings is 1. The van der Waals surface area contributed by atoms with Crippen molar-refractivity contribution in [3.8, 4) is 5.75 Å². The molecule has 0 saturated carbocycles. The minimum Gasteiger partial charge on any atom is -0.487 e. The molecular formula is C18H14N2O3S2. The van der Waals surface area contributed by atoms with E-state index in [0.717, 1.165) is 38.2 Å². The summed E-state index contributed by atoms with van der Waals surface area (Å²) in [7, 11) is 0. The number of carbonyl (C=O) groups is 2. The third-order valence-corrected chi connectivity index (χ3v) is 5.93. The SMILES string of the molecule is O=C1NC(=O)C(Cc2cc3cc(OCc4ccccn4)ccc3s2)S1. The molecule has 2 amide bonds. The molecule has 0 bridgehead atoms. The Labute approximate surface area is 152 Å². The minimum atomic E-state index is -0.333. The number of aromatic nitrogens is 1. The van der Waals surface area contributed by atoms with Gasteiger partial charge in [-0.15, -0.1) is 11.3 Å². The van der Waals surface area contributed by atoms with Gasteiger partial charge in [-0.25, -0.2) is 0 Å². The highest BCUT2D eigenvalue weighted by Gasteiger charge is 2.31. The fourth-order valence-corrected chi connectivity index (χ4v) is 4.66. The van der Waals surface area contributed by atoms with Crippen LogP contribution < -0.4 is 10.1 Å². The number of thioether (sulfide) groups is 1. The van der Waals surface area contributed by atoms with Crippen LogP contribution in [-0.4, -0.2) is 21.4 Å². The van der Waals surface area contributed by atoms with Gasteiger partial charge in [0.1, 0.15) is 12.4 Å². The van der Waals surface area contributed by atoms with E-state index in [9.17, 15) is 9.59 Å². The Morgan fingerprint density at radius 1 is 1.16 bits per heavy atom. The van der Waals surface area contributed by atoms with Gasteiger partial charge < -0.3 is 4.74 Å². The molecule has 1 fully saturated rings. The summed E-state index contributed by atoms with van der Waals surface area (Å²) in [6.45, 7) is 0.421. The highest BCUT2D eigenvalue weighted by Crippen LogP contribution is 2.32. The molecule has 1 unspecified atom stereocenters. The molecule has 25 heavy (non-hydrogen) atoms. The topological polar surface area (TPSA) is 68.3 Å². The number of rotatable bonds is 5. The lowest BCUT2D eigenvalue weighted by atomic mass is 10.2. The van der Waals surface area contributed by atoms with Crippen LogP contribution in [0.1, 0.15) is 10.6 Å². The lowest BCUT2D eigenvalue weighted by molar-refractivity contribution is -0.118. The van der Waals surface area contributed by atoms with Crippen LogP contribution >= 0.6 is 23.1 Å². The summed E-state index contributed by atoms with van der Waals surface area (Å²) < 4.78 is 6.94. The molecule has 3 aromatic rings. The zero-order valence-electron chi connectivity index (χ0n) is 13.1. The predicted molar refractivity (Wildman–Crippen MR) is 99.0 cm³/mol. The smallest absolute Gasteiger partial charge is 0.286 e. The molecule has 4 rings (SSSR count). The average molecular weight is 370 g/mol. The van der Waals surface area contributed by atoms with Crippen LogP contribution in [0.4, 0.5) is 4.79 Å². The van der Waals surface area contributed by atoms with Crippen molar-refractivity contribution in [2.75, 3.05) is 0 Å². The first kappa shape index (κ1) is 16.1. The van der Waals surface area contributed by atoms with Crippen molar-refractivity contribution in [2.45, 2.75) is 18.3 Å². The monoisotopic (exact) mass is 370 g/mol. The van der Waals surface area contributed by atoms with E-state index in [-0.39, 0.29) is 16.4 Å². The van der Waals surface area contributed by atoms with E-state index in [1.807, 2.05) is 36.4 Å². The number of nitrogens with one attached hydrogen (secondary N) is 1. The zero-order valence-corrected chi connectivity index (χ0v) is 14.7. The summed E-state index contributed by atoms with van der Waals surface area (Å²) in [6, 6.07) is 13.7.